The first-order valence-corrected chi connectivity index (χ1v) is 6.75. The molecule has 0 unspecified atom stereocenters. The van der Waals surface area contributed by atoms with E-state index in [0.717, 1.165) is 6.42 Å². The van der Waals surface area contributed by atoms with Gasteiger partial charge in [-0.1, -0.05) is 51.2 Å². The Kier molecular flexibility index (Phi) is 7.65. The number of allylic oxidation sites excluding steroid dienone is 1. The molecule has 0 aromatic heterocycles. The molecule has 0 fully saturated rings. The van der Waals surface area contributed by atoms with Crippen LogP contribution in [0.1, 0.15) is 58.3 Å². The molecule has 1 heterocycles. The number of hydrogen-bond donors (Lipinski definition) is 2. The lowest BCUT2D eigenvalue weighted by Gasteiger charge is -2.08. The van der Waals surface area contributed by atoms with E-state index < -0.39 is 0 Å². The van der Waals surface area contributed by atoms with Crippen LogP contribution in [0.3, 0.4) is 0 Å². The quantitative estimate of drug-likeness (QED) is 0.459. The normalized spacial score (nSPS) is 15.6. The van der Waals surface area contributed by atoms with Gasteiger partial charge >= 0.3 is 0 Å². The van der Waals surface area contributed by atoms with Crippen LogP contribution in [0.25, 0.3) is 0 Å². The van der Waals surface area contributed by atoms with E-state index in [1.807, 2.05) is 12.4 Å². The van der Waals surface area contributed by atoms with Crippen molar-refractivity contribution in [1.29, 1.82) is 0 Å². The SMILES string of the molecule is CCCCCCCC/C=C/CC1NC=CN1. The molecule has 2 N–H and O–H groups in total. The van der Waals surface area contributed by atoms with Crippen molar-refractivity contribution >= 4 is 0 Å². The molecule has 0 aliphatic carbocycles. The summed E-state index contributed by atoms with van der Waals surface area (Å²) < 4.78 is 0. The molecule has 0 spiro atoms. The molecular weight excluding hydrogens is 196 g/mol. The van der Waals surface area contributed by atoms with Gasteiger partial charge in [0.15, 0.2) is 0 Å². The first kappa shape index (κ1) is 13.1. The van der Waals surface area contributed by atoms with Crippen molar-refractivity contribution in [3.8, 4) is 0 Å². The summed E-state index contributed by atoms with van der Waals surface area (Å²) in [7, 11) is 0. The van der Waals surface area contributed by atoms with Gasteiger partial charge in [-0.3, -0.25) is 0 Å². The first-order chi connectivity index (χ1) is 7.93. The standard InChI is InChI=1S/C14H26N2/c1-2-3-4-5-6-7-8-9-10-11-14-15-12-13-16-14/h9-10,12-16H,2-8,11H2,1H3/b10-9+. The first-order valence-electron chi connectivity index (χ1n) is 6.75. The van der Waals surface area contributed by atoms with Gasteiger partial charge < -0.3 is 10.6 Å². The molecule has 2 nitrogen and oxygen atoms in total. The van der Waals surface area contributed by atoms with Crippen LogP contribution in [0.15, 0.2) is 24.6 Å². The minimum atomic E-state index is 0.417. The van der Waals surface area contributed by atoms with E-state index >= 15 is 0 Å². The summed E-state index contributed by atoms with van der Waals surface area (Å²) in [5.41, 5.74) is 0. The minimum Gasteiger partial charge on any atom is -0.370 e. The van der Waals surface area contributed by atoms with Crippen LogP contribution in [0.2, 0.25) is 0 Å². The van der Waals surface area contributed by atoms with E-state index in [1.54, 1.807) is 0 Å². The molecule has 16 heavy (non-hydrogen) atoms. The summed E-state index contributed by atoms with van der Waals surface area (Å²) in [5.74, 6) is 0. The van der Waals surface area contributed by atoms with Gasteiger partial charge in [0.05, 0.1) is 6.17 Å². The Morgan fingerprint density at radius 2 is 1.62 bits per heavy atom. The third-order valence-electron chi connectivity index (χ3n) is 2.94. The number of nitrogens with one attached hydrogen (secondary N) is 2. The zero-order valence-corrected chi connectivity index (χ0v) is 10.5. The summed E-state index contributed by atoms with van der Waals surface area (Å²) >= 11 is 0. The van der Waals surface area contributed by atoms with Crippen LogP contribution in [0.5, 0.6) is 0 Å². The van der Waals surface area contributed by atoms with E-state index in [-0.39, 0.29) is 0 Å². The molecule has 92 valence electrons. The lowest BCUT2D eigenvalue weighted by molar-refractivity contribution is 0.576. The van der Waals surface area contributed by atoms with E-state index in [2.05, 4.69) is 29.7 Å². The highest BCUT2D eigenvalue weighted by Gasteiger charge is 2.03. The summed E-state index contributed by atoms with van der Waals surface area (Å²) in [5, 5.41) is 6.48. The third kappa shape index (κ3) is 6.54. The van der Waals surface area contributed by atoms with Crippen LogP contribution in [-0.4, -0.2) is 6.17 Å². The van der Waals surface area contributed by atoms with Gasteiger partial charge in [-0.2, -0.15) is 0 Å². The number of unbranched alkanes of at least 4 members (excludes halogenated alkanes) is 6. The fourth-order valence-corrected chi connectivity index (χ4v) is 1.91. The molecule has 0 aromatic carbocycles. The van der Waals surface area contributed by atoms with E-state index in [9.17, 15) is 0 Å². The second kappa shape index (κ2) is 9.32. The molecule has 0 bridgehead atoms. The average molecular weight is 222 g/mol. The van der Waals surface area contributed by atoms with E-state index in [0.29, 0.717) is 6.17 Å². The van der Waals surface area contributed by atoms with Gasteiger partial charge in [0.2, 0.25) is 0 Å². The molecule has 0 aromatic rings. The molecule has 0 saturated carbocycles. The molecule has 0 atom stereocenters. The van der Waals surface area contributed by atoms with Crippen molar-refractivity contribution in [1.82, 2.24) is 10.6 Å². The van der Waals surface area contributed by atoms with Gasteiger partial charge in [-0.05, 0) is 12.8 Å². The van der Waals surface area contributed by atoms with Crippen LogP contribution < -0.4 is 10.6 Å². The van der Waals surface area contributed by atoms with Crippen molar-refractivity contribution in [3.05, 3.63) is 24.6 Å². The largest absolute Gasteiger partial charge is 0.370 e. The van der Waals surface area contributed by atoms with Crippen molar-refractivity contribution in [3.63, 3.8) is 0 Å². The molecule has 2 heteroatoms. The van der Waals surface area contributed by atoms with Crippen molar-refractivity contribution < 1.29 is 0 Å². The molecule has 0 saturated heterocycles. The van der Waals surface area contributed by atoms with Gasteiger partial charge in [0, 0.05) is 18.8 Å². The zero-order chi connectivity index (χ0) is 11.5. The minimum absolute atomic E-state index is 0.417. The predicted molar refractivity (Wildman–Crippen MR) is 70.9 cm³/mol. The second-order valence-electron chi connectivity index (χ2n) is 4.48. The van der Waals surface area contributed by atoms with Crippen molar-refractivity contribution in [2.45, 2.75) is 64.5 Å². The predicted octanol–water partition coefficient (Wildman–Crippen LogP) is 3.67. The Bertz CT molecular complexity index is 201. The maximum Gasteiger partial charge on any atom is 0.0991 e. The molecule has 0 amide bonds. The summed E-state index contributed by atoms with van der Waals surface area (Å²) in [6, 6.07) is 0. The van der Waals surface area contributed by atoms with Crippen LogP contribution in [0, 0.1) is 0 Å². The topological polar surface area (TPSA) is 24.1 Å². The molecular formula is C14H26N2. The summed E-state index contributed by atoms with van der Waals surface area (Å²) in [6.45, 7) is 2.27. The Morgan fingerprint density at radius 3 is 2.38 bits per heavy atom. The lowest BCUT2D eigenvalue weighted by Crippen LogP contribution is -2.29. The van der Waals surface area contributed by atoms with Crippen LogP contribution in [-0.2, 0) is 0 Å². The van der Waals surface area contributed by atoms with E-state index in [1.165, 1.54) is 44.9 Å². The molecule has 0 radical (unpaired) electrons. The smallest absolute Gasteiger partial charge is 0.0991 e. The van der Waals surface area contributed by atoms with E-state index in [4.69, 9.17) is 0 Å². The maximum atomic E-state index is 3.24. The fourth-order valence-electron chi connectivity index (χ4n) is 1.91. The van der Waals surface area contributed by atoms with Gasteiger partial charge in [-0.15, -0.1) is 0 Å². The molecule has 1 rings (SSSR count). The lowest BCUT2D eigenvalue weighted by atomic mass is 10.1. The monoisotopic (exact) mass is 222 g/mol. The second-order valence-corrected chi connectivity index (χ2v) is 4.48. The maximum absolute atomic E-state index is 3.24. The Hall–Kier alpha value is -0.920. The average Bonchev–Trinajstić information content (AvgIpc) is 2.80. The molecule has 1 aliphatic heterocycles. The highest BCUT2D eigenvalue weighted by atomic mass is 15.1. The fraction of sp³-hybridized carbons (Fsp3) is 0.714. The van der Waals surface area contributed by atoms with Crippen LogP contribution in [0.4, 0.5) is 0 Å². The van der Waals surface area contributed by atoms with Crippen molar-refractivity contribution in [2.75, 3.05) is 0 Å². The van der Waals surface area contributed by atoms with Gasteiger partial charge in [0.25, 0.3) is 0 Å². The Balaban J connectivity index is 1.81. The van der Waals surface area contributed by atoms with Gasteiger partial charge in [-0.25, -0.2) is 0 Å². The highest BCUT2D eigenvalue weighted by molar-refractivity contribution is 4.95. The number of hydrogen-bond acceptors (Lipinski definition) is 2. The van der Waals surface area contributed by atoms with Crippen molar-refractivity contribution in [2.24, 2.45) is 0 Å². The Labute approximate surface area is 100 Å². The molecule has 1 aliphatic rings. The third-order valence-corrected chi connectivity index (χ3v) is 2.94. The van der Waals surface area contributed by atoms with Crippen LogP contribution >= 0.6 is 0 Å². The number of rotatable bonds is 9. The summed E-state index contributed by atoms with van der Waals surface area (Å²) in [6.07, 6.45) is 19.6. The van der Waals surface area contributed by atoms with Gasteiger partial charge in [0.1, 0.15) is 0 Å². The Morgan fingerprint density at radius 1 is 0.938 bits per heavy atom. The summed E-state index contributed by atoms with van der Waals surface area (Å²) in [4.78, 5) is 0. The zero-order valence-electron chi connectivity index (χ0n) is 10.5. The highest BCUT2D eigenvalue weighted by Crippen LogP contribution is 2.07.